The third kappa shape index (κ3) is 3.80. The van der Waals surface area contributed by atoms with Crippen molar-refractivity contribution in [3.8, 4) is 11.1 Å². The minimum atomic E-state index is -1.10. The number of anilines is 3. The number of hydrogen-bond donors (Lipinski definition) is 1. The average molecular weight is 476 g/mol. The highest BCUT2D eigenvalue weighted by Gasteiger charge is 2.48. The van der Waals surface area contributed by atoms with E-state index in [0.717, 1.165) is 22.8 Å². The molecule has 1 amide bonds. The number of aromatic nitrogens is 1. The number of pyridine rings is 1. The second-order valence-electron chi connectivity index (χ2n) is 8.59. The van der Waals surface area contributed by atoms with Gasteiger partial charge in [-0.25, -0.2) is 13.8 Å². The van der Waals surface area contributed by atoms with Gasteiger partial charge in [-0.15, -0.1) is 0 Å². The van der Waals surface area contributed by atoms with Crippen LogP contribution in [0.5, 0.6) is 0 Å². The smallest absolute Gasteiger partial charge is 0.243 e. The molecule has 0 aliphatic carbocycles. The Hall–Kier alpha value is -3.77. The van der Waals surface area contributed by atoms with Gasteiger partial charge in [0.1, 0.15) is 23.3 Å². The van der Waals surface area contributed by atoms with Crippen LogP contribution >= 0.6 is 11.6 Å². The van der Waals surface area contributed by atoms with Crippen molar-refractivity contribution in [3.63, 3.8) is 0 Å². The van der Waals surface area contributed by atoms with Crippen molar-refractivity contribution in [2.75, 3.05) is 10.6 Å². The van der Waals surface area contributed by atoms with Gasteiger partial charge in [0, 0.05) is 11.1 Å². The van der Waals surface area contributed by atoms with Gasteiger partial charge in [0.25, 0.3) is 0 Å². The van der Waals surface area contributed by atoms with Gasteiger partial charge in [0.15, 0.2) is 0 Å². The molecule has 5 rings (SSSR count). The van der Waals surface area contributed by atoms with Crippen LogP contribution in [-0.4, -0.2) is 10.9 Å². The summed E-state index contributed by atoms with van der Waals surface area (Å²) in [6.07, 6.45) is 0.103. The van der Waals surface area contributed by atoms with E-state index >= 15 is 0 Å². The number of nitrogens with two attached hydrogens (primary N) is 1. The molecule has 1 aliphatic rings. The Labute approximate surface area is 200 Å². The molecule has 4 nitrogen and oxygen atoms in total. The van der Waals surface area contributed by atoms with Crippen LogP contribution in [0.15, 0.2) is 78.9 Å². The van der Waals surface area contributed by atoms with Gasteiger partial charge in [-0.2, -0.15) is 0 Å². The Bertz CT molecular complexity index is 1420. The van der Waals surface area contributed by atoms with E-state index in [4.69, 9.17) is 17.3 Å². The lowest BCUT2D eigenvalue weighted by Gasteiger charge is -2.24. The maximum absolute atomic E-state index is 14.0. The van der Waals surface area contributed by atoms with E-state index in [1.165, 1.54) is 17.0 Å². The summed E-state index contributed by atoms with van der Waals surface area (Å²) in [6, 6.07) is 21.5. The highest BCUT2D eigenvalue weighted by molar-refractivity contribution is 6.30. The van der Waals surface area contributed by atoms with Crippen molar-refractivity contribution >= 4 is 34.8 Å². The zero-order valence-corrected chi connectivity index (χ0v) is 19.0. The SMILES string of the molecule is CC1(Cc2cc(F)cc(F)c2)C(=O)N(c2cccc(N)n2)c2ccc(-c3cccc(Cl)c3)cc21. The third-order valence-corrected chi connectivity index (χ3v) is 6.37. The Kier molecular flexibility index (Phi) is 5.33. The van der Waals surface area contributed by atoms with Crippen LogP contribution in [0, 0.1) is 11.6 Å². The van der Waals surface area contributed by atoms with Crippen LogP contribution in [0.25, 0.3) is 11.1 Å². The maximum Gasteiger partial charge on any atom is 0.243 e. The molecule has 3 aromatic carbocycles. The van der Waals surface area contributed by atoms with Gasteiger partial charge in [-0.05, 0) is 84.1 Å². The van der Waals surface area contributed by atoms with Crippen LogP contribution in [0.2, 0.25) is 5.02 Å². The van der Waals surface area contributed by atoms with Crippen LogP contribution in [-0.2, 0) is 16.6 Å². The Balaban J connectivity index is 1.69. The van der Waals surface area contributed by atoms with E-state index in [1.54, 1.807) is 31.2 Å². The summed E-state index contributed by atoms with van der Waals surface area (Å²) in [6.45, 7) is 1.78. The molecule has 0 bridgehead atoms. The number of rotatable bonds is 4. The molecule has 0 saturated heterocycles. The molecule has 170 valence electrons. The molecule has 2 heterocycles. The zero-order valence-electron chi connectivity index (χ0n) is 18.2. The fourth-order valence-corrected chi connectivity index (χ4v) is 4.77. The second-order valence-corrected chi connectivity index (χ2v) is 9.03. The molecule has 1 unspecified atom stereocenters. The topological polar surface area (TPSA) is 59.2 Å². The van der Waals surface area contributed by atoms with Gasteiger partial charge < -0.3 is 5.73 Å². The lowest BCUT2D eigenvalue weighted by atomic mass is 9.77. The summed E-state index contributed by atoms with van der Waals surface area (Å²) in [5.41, 5.74) is 8.30. The molecule has 1 aliphatic heterocycles. The summed E-state index contributed by atoms with van der Waals surface area (Å²) < 4.78 is 27.9. The molecule has 0 spiro atoms. The molecule has 7 heteroatoms. The molecule has 1 aromatic heterocycles. The predicted molar refractivity (Wildman–Crippen MR) is 130 cm³/mol. The first-order chi connectivity index (χ1) is 16.2. The first-order valence-electron chi connectivity index (χ1n) is 10.7. The number of amides is 1. The number of nitrogen functional groups attached to an aromatic ring is 1. The minimum Gasteiger partial charge on any atom is -0.384 e. The van der Waals surface area contributed by atoms with E-state index in [1.807, 2.05) is 36.4 Å². The molecule has 2 N–H and O–H groups in total. The molecule has 0 saturated carbocycles. The van der Waals surface area contributed by atoms with Gasteiger partial charge >= 0.3 is 0 Å². The fourth-order valence-electron chi connectivity index (χ4n) is 4.58. The number of hydrogen-bond acceptors (Lipinski definition) is 3. The quantitative estimate of drug-likeness (QED) is 0.369. The van der Waals surface area contributed by atoms with Crippen LogP contribution in [0.1, 0.15) is 18.1 Å². The van der Waals surface area contributed by atoms with Gasteiger partial charge in [-0.3, -0.25) is 9.69 Å². The second kappa shape index (κ2) is 8.22. The van der Waals surface area contributed by atoms with E-state index in [2.05, 4.69) is 4.98 Å². The Morgan fingerprint density at radius 3 is 2.35 bits per heavy atom. The normalized spacial score (nSPS) is 17.2. The molecular weight excluding hydrogens is 456 g/mol. The van der Waals surface area contributed by atoms with E-state index in [9.17, 15) is 13.6 Å². The summed E-state index contributed by atoms with van der Waals surface area (Å²) in [7, 11) is 0. The molecule has 4 aromatic rings. The van der Waals surface area contributed by atoms with Crippen molar-refractivity contribution in [1.82, 2.24) is 4.98 Å². The maximum atomic E-state index is 14.0. The number of benzene rings is 3. The lowest BCUT2D eigenvalue weighted by molar-refractivity contribution is -0.122. The Morgan fingerprint density at radius 1 is 0.941 bits per heavy atom. The average Bonchev–Trinajstić information content (AvgIpc) is 2.99. The molecule has 0 fully saturated rings. The Morgan fingerprint density at radius 2 is 1.65 bits per heavy atom. The minimum absolute atomic E-state index is 0.103. The number of carbonyl (C=O) groups is 1. The van der Waals surface area contributed by atoms with Crippen molar-refractivity contribution in [2.24, 2.45) is 0 Å². The standard InChI is InChI=1S/C27H20ClF2N3O/c1-27(15-16-10-20(29)14-21(30)11-16)22-13-18(17-4-2-5-19(28)12-17)8-9-23(22)33(26(27)34)25-7-3-6-24(31)32-25/h2-14H,15H2,1H3,(H2,31,32). The molecule has 34 heavy (non-hydrogen) atoms. The van der Waals surface area contributed by atoms with Gasteiger partial charge in [0.05, 0.1) is 11.1 Å². The van der Waals surface area contributed by atoms with Crippen LogP contribution in [0.4, 0.5) is 26.1 Å². The zero-order chi connectivity index (χ0) is 24.0. The molecule has 1 atom stereocenters. The first-order valence-corrected chi connectivity index (χ1v) is 11.0. The summed E-state index contributed by atoms with van der Waals surface area (Å²) in [4.78, 5) is 19.8. The number of carbonyl (C=O) groups excluding carboxylic acids is 1. The van der Waals surface area contributed by atoms with Crippen LogP contribution in [0.3, 0.4) is 0 Å². The predicted octanol–water partition coefficient (Wildman–Crippen LogP) is 6.44. The van der Waals surface area contributed by atoms with Crippen molar-refractivity contribution in [2.45, 2.75) is 18.8 Å². The van der Waals surface area contributed by atoms with E-state index < -0.39 is 17.0 Å². The van der Waals surface area contributed by atoms with E-state index in [-0.39, 0.29) is 18.1 Å². The summed E-state index contributed by atoms with van der Waals surface area (Å²) in [5.74, 6) is -0.967. The number of fused-ring (bicyclic) bond motifs is 1. The number of halogens is 3. The fraction of sp³-hybridized carbons (Fsp3) is 0.111. The van der Waals surface area contributed by atoms with Gasteiger partial charge in [-0.1, -0.05) is 35.9 Å². The van der Waals surface area contributed by atoms with Crippen molar-refractivity contribution < 1.29 is 13.6 Å². The number of nitrogens with zero attached hydrogens (tertiary/aromatic N) is 2. The van der Waals surface area contributed by atoms with Crippen molar-refractivity contribution in [3.05, 3.63) is 107 Å². The van der Waals surface area contributed by atoms with Crippen LogP contribution < -0.4 is 10.6 Å². The van der Waals surface area contributed by atoms with E-state index in [0.29, 0.717) is 22.1 Å². The third-order valence-electron chi connectivity index (χ3n) is 6.13. The highest BCUT2D eigenvalue weighted by Crippen LogP contribution is 2.48. The molecular formula is C27H20ClF2N3O. The van der Waals surface area contributed by atoms with Crippen molar-refractivity contribution in [1.29, 1.82) is 0 Å². The highest BCUT2D eigenvalue weighted by atomic mass is 35.5. The first kappa shape index (κ1) is 22.0. The van der Waals surface area contributed by atoms with Gasteiger partial charge in [0.2, 0.25) is 5.91 Å². The molecule has 0 radical (unpaired) electrons. The summed E-state index contributed by atoms with van der Waals surface area (Å²) >= 11 is 6.19. The lowest BCUT2D eigenvalue weighted by Crippen LogP contribution is -2.38. The summed E-state index contributed by atoms with van der Waals surface area (Å²) in [5, 5.41) is 0.595. The monoisotopic (exact) mass is 475 g/mol. The largest absolute Gasteiger partial charge is 0.384 e.